The molecule has 0 bridgehead atoms. The SMILES string of the molecule is Nc1cc(Oc2ccc(CNC3Cc4ccccc4C3)cc2)c(F)cc1[N+](=O)[O-].O=Cc1ccc(Oc2cc(NC(=O)C(F)(F)F)c([N+](=O)[O-])cc2F)cc1. The molecule has 0 fully saturated rings. The van der Waals surface area contributed by atoms with Crippen molar-refractivity contribution in [1.82, 2.24) is 5.32 Å². The van der Waals surface area contributed by atoms with Gasteiger partial charge in [0.25, 0.3) is 11.4 Å². The van der Waals surface area contributed by atoms with E-state index >= 15 is 0 Å². The van der Waals surface area contributed by atoms with Crippen LogP contribution >= 0.6 is 0 Å². The second-order valence-corrected chi connectivity index (χ2v) is 11.9. The quantitative estimate of drug-likeness (QED) is 0.0389. The molecule has 55 heavy (non-hydrogen) atoms. The number of rotatable bonds is 11. The molecule has 284 valence electrons. The first-order valence-corrected chi connectivity index (χ1v) is 16.0. The monoisotopic (exact) mass is 765 g/mol. The predicted molar refractivity (Wildman–Crippen MR) is 188 cm³/mol. The Morgan fingerprint density at radius 3 is 1.82 bits per heavy atom. The number of alkyl halides is 3. The highest BCUT2D eigenvalue weighted by Crippen LogP contribution is 2.36. The number of fused-ring (bicyclic) bond motifs is 1. The van der Waals surface area contributed by atoms with Crippen LogP contribution in [-0.4, -0.2) is 34.3 Å². The first-order chi connectivity index (χ1) is 26.1. The Morgan fingerprint density at radius 2 is 1.31 bits per heavy atom. The van der Waals surface area contributed by atoms with Crippen LogP contribution in [0.5, 0.6) is 23.0 Å². The third-order valence-corrected chi connectivity index (χ3v) is 8.07. The Hall–Kier alpha value is -6.95. The number of carbonyl (C=O) groups is 2. The Bertz CT molecular complexity index is 2210. The number of nitro groups is 2. The average molecular weight is 766 g/mol. The Balaban J connectivity index is 0.000000213. The number of ether oxygens (including phenoxy) is 2. The molecule has 0 radical (unpaired) electrons. The lowest BCUT2D eigenvalue weighted by Crippen LogP contribution is -2.30. The lowest BCUT2D eigenvalue weighted by Gasteiger charge is -2.13. The van der Waals surface area contributed by atoms with Gasteiger partial charge in [-0.2, -0.15) is 13.2 Å². The molecule has 0 spiro atoms. The van der Waals surface area contributed by atoms with Gasteiger partial charge in [-0.15, -0.1) is 0 Å². The number of nitrogen functional groups attached to an aromatic ring is 1. The first-order valence-electron chi connectivity index (χ1n) is 16.0. The number of hydrogen-bond acceptors (Lipinski definition) is 10. The molecule has 1 aliphatic carbocycles. The number of aldehydes is 1. The molecule has 0 unspecified atom stereocenters. The Morgan fingerprint density at radius 1 is 0.800 bits per heavy atom. The van der Waals surface area contributed by atoms with Crippen molar-refractivity contribution in [2.45, 2.75) is 31.6 Å². The fourth-order valence-electron chi connectivity index (χ4n) is 5.37. The van der Waals surface area contributed by atoms with Crippen molar-refractivity contribution in [1.29, 1.82) is 0 Å². The van der Waals surface area contributed by atoms with E-state index in [-0.39, 0.29) is 17.2 Å². The summed E-state index contributed by atoms with van der Waals surface area (Å²) in [5.41, 5.74) is 7.18. The number of anilines is 2. The summed E-state index contributed by atoms with van der Waals surface area (Å²) in [6.45, 7) is 0.720. The van der Waals surface area contributed by atoms with Gasteiger partial charge in [-0.3, -0.25) is 29.8 Å². The summed E-state index contributed by atoms with van der Waals surface area (Å²) < 4.78 is 75.7. The van der Waals surface area contributed by atoms with Crippen molar-refractivity contribution < 1.29 is 50.9 Å². The number of benzene rings is 5. The molecule has 0 heterocycles. The molecule has 5 aromatic carbocycles. The van der Waals surface area contributed by atoms with E-state index in [0.717, 1.165) is 37.1 Å². The van der Waals surface area contributed by atoms with Crippen LogP contribution in [0.2, 0.25) is 0 Å². The second kappa shape index (κ2) is 16.8. The molecule has 1 aliphatic rings. The maximum absolute atomic E-state index is 14.1. The van der Waals surface area contributed by atoms with Crippen molar-refractivity contribution in [3.63, 3.8) is 0 Å². The van der Waals surface area contributed by atoms with Crippen LogP contribution in [0.25, 0.3) is 0 Å². The maximum atomic E-state index is 14.1. The first kappa shape index (κ1) is 39.3. The minimum atomic E-state index is -5.30. The van der Waals surface area contributed by atoms with Gasteiger partial charge in [0.2, 0.25) is 0 Å². The zero-order valence-electron chi connectivity index (χ0n) is 28.1. The van der Waals surface area contributed by atoms with E-state index < -0.39 is 56.4 Å². The lowest BCUT2D eigenvalue weighted by molar-refractivity contribution is -0.384. The minimum Gasteiger partial charge on any atom is -0.454 e. The summed E-state index contributed by atoms with van der Waals surface area (Å²) in [7, 11) is 0. The molecule has 4 N–H and O–H groups in total. The molecule has 5 aromatic rings. The summed E-state index contributed by atoms with van der Waals surface area (Å²) in [6, 6.07) is 24.2. The van der Waals surface area contributed by atoms with Crippen LogP contribution in [0.15, 0.2) is 97.1 Å². The molecule has 6 rings (SSSR count). The average Bonchev–Trinajstić information content (AvgIpc) is 3.57. The van der Waals surface area contributed by atoms with Gasteiger partial charge in [0.1, 0.15) is 29.2 Å². The number of nitrogens with one attached hydrogen (secondary N) is 2. The van der Waals surface area contributed by atoms with Crippen molar-refractivity contribution >= 4 is 34.9 Å². The summed E-state index contributed by atoms with van der Waals surface area (Å²) in [5, 5.41) is 26.6. The van der Waals surface area contributed by atoms with Crippen molar-refractivity contribution in [3.05, 3.63) is 151 Å². The molecule has 0 saturated heterocycles. The highest BCUT2D eigenvalue weighted by Gasteiger charge is 2.40. The van der Waals surface area contributed by atoms with E-state index in [1.807, 2.05) is 12.1 Å². The zero-order valence-corrected chi connectivity index (χ0v) is 28.1. The number of hydrogen-bond donors (Lipinski definition) is 3. The number of nitrogens with zero attached hydrogens (tertiary/aromatic N) is 2. The highest BCUT2D eigenvalue weighted by molar-refractivity contribution is 5.97. The summed E-state index contributed by atoms with van der Waals surface area (Å²) >= 11 is 0. The Labute approximate surface area is 307 Å². The standard InChI is InChI=1S/C22H20FN3O3.C15H8F4N2O5/c23-19-11-21(26(27)28)20(24)12-22(19)29-18-7-5-14(6-8-18)13-25-17-9-15-3-1-2-4-16(15)10-17;16-10-5-12(21(24)25)11(20-14(23)15(17,18)19)6-13(10)26-9-3-1-8(7-22)2-4-9/h1-8,11-12,17,25H,9-10,13,24H2;1-7H,(H,20,23). The molecular formula is C37H28F5N5O8. The highest BCUT2D eigenvalue weighted by atomic mass is 19.4. The zero-order chi connectivity index (χ0) is 39.9. The van der Waals surface area contributed by atoms with Gasteiger partial charge in [0, 0.05) is 30.3 Å². The van der Waals surface area contributed by atoms with Crippen LogP contribution in [0.4, 0.5) is 44.7 Å². The molecule has 0 aromatic heterocycles. The van der Waals surface area contributed by atoms with Crippen LogP contribution in [0.1, 0.15) is 27.0 Å². The number of carbonyl (C=O) groups excluding carboxylic acids is 2. The normalized spacial score (nSPS) is 12.2. The predicted octanol–water partition coefficient (Wildman–Crippen LogP) is 8.20. The number of amides is 1. The van der Waals surface area contributed by atoms with Gasteiger partial charge >= 0.3 is 12.1 Å². The summed E-state index contributed by atoms with van der Waals surface area (Å²) in [4.78, 5) is 41.4. The van der Waals surface area contributed by atoms with Crippen LogP contribution in [0, 0.1) is 31.9 Å². The van der Waals surface area contributed by atoms with Crippen molar-refractivity contribution in [2.75, 3.05) is 11.1 Å². The molecular weight excluding hydrogens is 737 g/mol. The molecule has 0 aliphatic heterocycles. The molecule has 0 saturated carbocycles. The van der Waals surface area contributed by atoms with E-state index in [1.165, 1.54) is 40.7 Å². The molecule has 0 atom stereocenters. The molecule has 1 amide bonds. The number of halogens is 5. The van der Waals surface area contributed by atoms with Crippen molar-refractivity contribution in [2.24, 2.45) is 0 Å². The fourth-order valence-corrected chi connectivity index (χ4v) is 5.37. The topological polar surface area (TPSA) is 189 Å². The van der Waals surface area contributed by atoms with Gasteiger partial charge < -0.3 is 25.8 Å². The third kappa shape index (κ3) is 10.1. The summed E-state index contributed by atoms with van der Waals surface area (Å²) in [5.74, 6) is -4.91. The van der Waals surface area contributed by atoms with Gasteiger partial charge in [-0.1, -0.05) is 36.4 Å². The van der Waals surface area contributed by atoms with Gasteiger partial charge in [0.05, 0.1) is 22.0 Å². The van der Waals surface area contributed by atoms with E-state index in [1.54, 1.807) is 12.1 Å². The van der Waals surface area contributed by atoms with E-state index in [4.69, 9.17) is 15.2 Å². The summed E-state index contributed by atoms with van der Waals surface area (Å²) in [6.07, 6.45) is -2.70. The van der Waals surface area contributed by atoms with Crippen LogP contribution < -0.4 is 25.8 Å². The van der Waals surface area contributed by atoms with E-state index in [2.05, 4.69) is 29.6 Å². The van der Waals surface area contributed by atoms with E-state index in [9.17, 15) is 51.8 Å². The molecule has 13 nitrogen and oxygen atoms in total. The second-order valence-electron chi connectivity index (χ2n) is 11.9. The minimum absolute atomic E-state index is 0.0106. The fraction of sp³-hybridized carbons (Fsp3) is 0.135. The third-order valence-electron chi connectivity index (χ3n) is 8.07. The van der Waals surface area contributed by atoms with Gasteiger partial charge in [-0.05, 0) is 65.9 Å². The van der Waals surface area contributed by atoms with Gasteiger partial charge in [0.15, 0.2) is 23.1 Å². The largest absolute Gasteiger partial charge is 0.471 e. The van der Waals surface area contributed by atoms with E-state index in [0.29, 0.717) is 35.8 Å². The van der Waals surface area contributed by atoms with Crippen LogP contribution in [-0.2, 0) is 24.2 Å². The maximum Gasteiger partial charge on any atom is 0.471 e. The smallest absolute Gasteiger partial charge is 0.454 e. The van der Waals surface area contributed by atoms with Crippen LogP contribution in [0.3, 0.4) is 0 Å². The number of nitrogens with two attached hydrogens (primary N) is 1. The molecule has 18 heteroatoms. The Kier molecular flexibility index (Phi) is 12.0. The van der Waals surface area contributed by atoms with Crippen molar-refractivity contribution in [3.8, 4) is 23.0 Å². The van der Waals surface area contributed by atoms with Gasteiger partial charge in [-0.25, -0.2) is 8.78 Å². The number of nitro benzene ring substituents is 2. The lowest BCUT2D eigenvalue weighted by atomic mass is 10.1.